The minimum Gasteiger partial charge on any atom is -0.143 e. The van der Waals surface area contributed by atoms with Gasteiger partial charge in [0.15, 0.2) is 0 Å². The van der Waals surface area contributed by atoms with E-state index in [9.17, 15) is 0 Å². The summed E-state index contributed by atoms with van der Waals surface area (Å²) >= 11 is 3.62. The van der Waals surface area contributed by atoms with Crippen molar-refractivity contribution in [2.75, 3.05) is 0 Å². The van der Waals surface area contributed by atoms with Gasteiger partial charge in [-0.05, 0) is 34.0 Å². The van der Waals surface area contributed by atoms with Crippen molar-refractivity contribution in [1.29, 1.82) is 0 Å². The van der Waals surface area contributed by atoms with Crippen LogP contribution in [0.4, 0.5) is 0 Å². The maximum Gasteiger partial charge on any atom is 0.0421 e. The summed E-state index contributed by atoms with van der Waals surface area (Å²) in [6.45, 7) is 0. The van der Waals surface area contributed by atoms with Crippen LogP contribution in [-0.4, -0.2) is 0 Å². The standard InChI is InChI=1S/C20H14S2/c1-3-7-15(8-4-1)19-17(11-13-21-19)18-12-14-22-20(18)16-9-5-2-6-10-16/h1-14H. The van der Waals surface area contributed by atoms with Gasteiger partial charge in [0.2, 0.25) is 0 Å². The summed E-state index contributed by atoms with van der Waals surface area (Å²) < 4.78 is 0. The van der Waals surface area contributed by atoms with E-state index < -0.39 is 0 Å². The topological polar surface area (TPSA) is 0 Å². The highest BCUT2D eigenvalue weighted by atomic mass is 32.1. The molecule has 0 aliphatic carbocycles. The van der Waals surface area contributed by atoms with E-state index in [0.717, 1.165) is 0 Å². The highest BCUT2D eigenvalue weighted by Gasteiger charge is 2.14. The minimum atomic E-state index is 1.29. The lowest BCUT2D eigenvalue weighted by molar-refractivity contribution is 1.67. The van der Waals surface area contributed by atoms with Gasteiger partial charge in [-0.15, -0.1) is 22.7 Å². The van der Waals surface area contributed by atoms with Crippen LogP contribution >= 0.6 is 22.7 Å². The average molecular weight is 318 g/mol. The van der Waals surface area contributed by atoms with Crippen molar-refractivity contribution in [3.8, 4) is 32.0 Å². The van der Waals surface area contributed by atoms with E-state index in [1.54, 1.807) is 0 Å². The van der Waals surface area contributed by atoms with Gasteiger partial charge in [-0.2, -0.15) is 0 Å². The van der Waals surface area contributed by atoms with Crippen molar-refractivity contribution in [3.05, 3.63) is 83.6 Å². The van der Waals surface area contributed by atoms with Crippen LogP contribution in [0.15, 0.2) is 83.6 Å². The quantitative estimate of drug-likeness (QED) is 0.389. The first kappa shape index (κ1) is 13.5. The van der Waals surface area contributed by atoms with Gasteiger partial charge in [0.05, 0.1) is 0 Å². The maximum absolute atomic E-state index is 2.24. The summed E-state index contributed by atoms with van der Waals surface area (Å²) in [4.78, 5) is 2.69. The van der Waals surface area contributed by atoms with Crippen LogP contribution in [0.2, 0.25) is 0 Å². The molecule has 0 nitrogen and oxygen atoms in total. The van der Waals surface area contributed by atoms with Crippen LogP contribution in [0.5, 0.6) is 0 Å². The molecule has 2 aromatic heterocycles. The lowest BCUT2D eigenvalue weighted by Gasteiger charge is -2.06. The normalized spacial score (nSPS) is 10.7. The number of hydrogen-bond acceptors (Lipinski definition) is 2. The van der Waals surface area contributed by atoms with Crippen molar-refractivity contribution in [2.45, 2.75) is 0 Å². The van der Waals surface area contributed by atoms with Gasteiger partial charge in [-0.1, -0.05) is 60.7 Å². The third-order valence-corrected chi connectivity index (χ3v) is 5.62. The molecule has 0 unspecified atom stereocenters. The minimum absolute atomic E-state index is 1.29. The summed E-state index contributed by atoms with van der Waals surface area (Å²) in [5.74, 6) is 0. The fraction of sp³-hybridized carbons (Fsp3) is 0. The molecule has 0 aliphatic rings. The zero-order valence-corrected chi connectivity index (χ0v) is 13.5. The number of rotatable bonds is 3. The molecule has 0 spiro atoms. The molecule has 0 amide bonds. The molecule has 0 bridgehead atoms. The summed E-state index contributed by atoms with van der Waals surface area (Å²) in [6, 6.07) is 25.8. The summed E-state index contributed by atoms with van der Waals surface area (Å²) in [5.41, 5.74) is 5.24. The number of benzene rings is 2. The molecule has 4 rings (SSSR count). The molecule has 4 aromatic rings. The maximum atomic E-state index is 2.24. The predicted octanol–water partition coefficient (Wildman–Crippen LogP) is 6.81. The average Bonchev–Trinajstić information content (AvgIpc) is 3.25. The zero-order chi connectivity index (χ0) is 14.8. The Labute approximate surface area is 138 Å². The molecule has 106 valence electrons. The Morgan fingerprint density at radius 3 is 1.27 bits per heavy atom. The SMILES string of the molecule is c1ccc(-c2sccc2-c2ccsc2-c2ccccc2)cc1. The van der Waals surface area contributed by atoms with E-state index in [1.165, 1.54) is 32.0 Å². The van der Waals surface area contributed by atoms with Gasteiger partial charge >= 0.3 is 0 Å². The van der Waals surface area contributed by atoms with Gasteiger partial charge in [0.1, 0.15) is 0 Å². The molecule has 0 atom stereocenters. The van der Waals surface area contributed by atoms with E-state index >= 15 is 0 Å². The third-order valence-electron chi connectivity index (χ3n) is 3.69. The van der Waals surface area contributed by atoms with E-state index in [2.05, 4.69) is 83.6 Å². The van der Waals surface area contributed by atoms with Gasteiger partial charge in [-0.3, -0.25) is 0 Å². The summed E-state index contributed by atoms with van der Waals surface area (Å²) in [5, 5.41) is 4.37. The smallest absolute Gasteiger partial charge is 0.0421 e. The molecule has 0 saturated heterocycles. The monoisotopic (exact) mass is 318 g/mol. The fourth-order valence-electron chi connectivity index (χ4n) is 2.67. The zero-order valence-electron chi connectivity index (χ0n) is 11.9. The Hall–Kier alpha value is -2.16. The largest absolute Gasteiger partial charge is 0.143 e. The molecule has 22 heavy (non-hydrogen) atoms. The van der Waals surface area contributed by atoms with E-state index in [4.69, 9.17) is 0 Å². The number of thiophene rings is 2. The van der Waals surface area contributed by atoms with Crippen LogP contribution in [0.3, 0.4) is 0 Å². The first-order chi connectivity index (χ1) is 10.9. The van der Waals surface area contributed by atoms with Crippen molar-refractivity contribution in [2.24, 2.45) is 0 Å². The Morgan fingerprint density at radius 1 is 0.455 bits per heavy atom. The van der Waals surface area contributed by atoms with Crippen LogP contribution < -0.4 is 0 Å². The van der Waals surface area contributed by atoms with Crippen LogP contribution in [0.25, 0.3) is 32.0 Å². The molecular formula is C20H14S2. The Kier molecular flexibility index (Phi) is 3.63. The molecule has 0 saturated carbocycles. The molecule has 0 aliphatic heterocycles. The Balaban J connectivity index is 1.86. The second-order valence-electron chi connectivity index (χ2n) is 5.06. The van der Waals surface area contributed by atoms with Crippen molar-refractivity contribution in [1.82, 2.24) is 0 Å². The molecule has 0 fully saturated rings. The molecule has 2 aromatic carbocycles. The molecule has 2 heterocycles. The van der Waals surface area contributed by atoms with Gasteiger partial charge in [0.25, 0.3) is 0 Å². The lowest BCUT2D eigenvalue weighted by atomic mass is 10.0. The van der Waals surface area contributed by atoms with Crippen LogP contribution in [-0.2, 0) is 0 Å². The Morgan fingerprint density at radius 2 is 0.864 bits per heavy atom. The van der Waals surface area contributed by atoms with Crippen LogP contribution in [0.1, 0.15) is 0 Å². The second kappa shape index (κ2) is 5.91. The third kappa shape index (κ3) is 2.41. The first-order valence-corrected chi connectivity index (χ1v) is 8.95. The lowest BCUT2D eigenvalue weighted by Crippen LogP contribution is -1.80. The number of hydrogen-bond donors (Lipinski definition) is 0. The van der Waals surface area contributed by atoms with Crippen LogP contribution in [0, 0.1) is 0 Å². The highest BCUT2D eigenvalue weighted by molar-refractivity contribution is 7.15. The van der Waals surface area contributed by atoms with Gasteiger partial charge in [0, 0.05) is 20.9 Å². The summed E-state index contributed by atoms with van der Waals surface area (Å²) in [7, 11) is 0. The van der Waals surface area contributed by atoms with Crippen molar-refractivity contribution < 1.29 is 0 Å². The summed E-state index contributed by atoms with van der Waals surface area (Å²) in [6.07, 6.45) is 0. The predicted molar refractivity (Wildman–Crippen MR) is 98.5 cm³/mol. The first-order valence-electron chi connectivity index (χ1n) is 7.20. The highest BCUT2D eigenvalue weighted by Crippen LogP contribution is 2.43. The molecule has 0 radical (unpaired) electrons. The van der Waals surface area contributed by atoms with E-state index in [-0.39, 0.29) is 0 Å². The van der Waals surface area contributed by atoms with E-state index in [1.807, 2.05) is 22.7 Å². The van der Waals surface area contributed by atoms with Crippen molar-refractivity contribution in [3.63, 3.8) is 0 Å². The molecule has 0 N–H and O–H groups in total. The van der Waals surface area contributed by atoms with Gasteiger partial charge < -0.3 is 0 Å². The van der Waals surface area contributed by atoms with Gasteiger partial charge in [-0.25, -0.2) is 0 Å². The van der Waals surface area contributed by atoms with E-state index in [0.29, 0.717) is 0 Å². The fourth-order valence-corrected chi connectivity index (χ4v) is 4.50. The Bertz CT molecular complexity index is 794. The molecule has 2 heteroatoms. The second-order valence-corrected chi connectivity index (χ2v) is 6.89. The molecular weight excluding hydrogens is 304 g/mol. The van der Waals surface area contributed by atoms with Crippen molar-refractivity contribution >= 4 is 22.7 Å².